The quantitative estimate of drug-likeness (QED) is 0.468. The second-order valence-corrected chi connectivity index (χ2v) is 7.68. The number of carbonyl (C=O) groups is 2. The topological polar surface area (TPSA) is 87.4 Å². The normalized spacial score (nSPS) is 12.2. The van der Waals surface area contributed by atoms with Gasteiger partial charge < -0.3 is 19.5 Å². The fourth-order valence-electron chi connectivity index (χ4n) is 3.87. The summed E-state index contributed by atoms with van der Waals surface area (Å²) in [5.74, 6) is -0.616. The minimum absolute atomic E-state index is 0.00915. The molecule has 0 radical (unpaired) electrons. The standard InChI is InChI=1S/C25H32N4O3/c1-7-28(8-2)25(31)20-10-9-11-23(14-20)27-24(30)22(15-26)13-21-12-17(3)29(19(21)5)18(4)16-32-6/h9-14,18H,7-8,16H2,1-6H3,(H,27,30)/b22-13+/t18-/m0/s1. The van der Waals surface area contributed by atoms with Crippen molar-refractivity contribution in [2.24, 2.45) is 0 Å². The predicted molar refractivity (Wildman–Crippen MR) is 126 cm³/mol. The van der Waals surface area contributed by atoms with E-state index in [-0.39, 0.29) is 17.5 Å². The molecule has 0 saturated carbocycles. The summed E-state index contributed by atoms with van der Waals surface area (Å²) >= 11 is 0. The minimum Gasteiger partial charge on any atom is -0.383 e. The molecule has 0 aliphatic heterocycles. The Balaban J connectivity index is 2.27. The van der Waals surface area contributed by atoms with Crippen LogP contribution in [0.15, 0.2) is 35.9 Å². The van der Waals surface area contributed by atoms with Crippen molar-refractivity contribution in [3.63, 3.8) is 0 Å². The summed E-state index contributed by atoms with van der Waals surface area (Å²) < 4.78 is 7.39. The van der Waals surface area contributed by atoms with Crippen molar-refractivity contribution in [3.8, 4) is 6.07 Å². The number of nitrogens with zero attached hydrogens (tertiary/aromatic N) is 3. The van der Waals surface area contributed by atoms with Crippen LogP contribution in [0.4, 0.5) is 5.69 Å². The average molecular weight is 437 g/mol. The van der Waals surface area contributed by atoms with E-state index in [0.29, 0.717) is 30.9 Å². The molecule has 170 valence electrons. The highest BCUT2D eigenvalue weighted by Crippen LogP contribution is 2.23. The van der Waals surface area contributed by atoms with E-state index in [1.807, 2.05) is 39.8 Å². The van der Waals surface area contributed by atoms with Gasteiger partial charge in [-0.1, -0.05) is 6.07 Å². The van der Waals surface area contributed by atoms with Crippen LogP contribution in [0.1, 0.15) is 54.1 Å². The molecule has 1 atom stereocenters. The number of ether oxygens (including phenoxy) is 1. The molecule has 0 fully saturated rings. The smallest absolute Gasteiger partial charge is 0.266 e. The minimum atomic E-state index is -0.519. The molecule has 2 aromatic rings. The van der Waals surface area contributed by atoms with Crippen LogP contribution in [0.2, 0.25) is 0 Å². The van der Waals surface area contributed by atoms with Gasteiger partial charge in [0.1, 0.15) is 11.6 Å². The lowest BCUT2D eigenvalue weighted by Crippen LogP contribution is -2.30. The largest absolute Gasteiger partial charge is 0.383 e. The van der Waals surface area contributed by atoms with Crippen molar-refractivity contribution in [2.45, 2.75) is 40.7 Å². The third-order valence-corrected chi connectivity index (χ3v) is 5.46. The third-order valence-electron chi connectivity index (χ3n) is 5.46. The number of benzene rings is 1. The van der Waals surface area contributed by atoms with Crippen LogP contribution >= 0.6 is 0 Å². The van der Waals surface area contributed by atoms with Gasteiger partial charge in [-0.05, 0) is 70.5 Å². The molecule has 32 heavy (non-hydrogen) atoms. The number of aromatic nitrogens is 1. The Labute approximate surface area is 190 Å². The lowest BCUT2D eigenvalue weighted by atomic mass is 10.1. The van der Waals surface area contributed by atoms with Gasteiger partial charge in [0.15, 0.2) is 0 Å². The Kier molecular flexibility index (Phi) is 8.80. The van der Waals surface area contributed by atoms with Crippen LogP contribution in [0.25, 0.3) is 6.08 Å². The van der Waals surface area contributed by atoms with E-state index in [1.54, 1.807) is 42.4 Å². The van der Waals surface area contributed by atoms with Crippen molar-refractivity contribution in [1.82, 2.24) is 9.47 Å². The van der Waals surface area contributed by atoms with Crippen molar-refractivity contribution in [1.29, 1.82) is 5.26 Å². The fourth-order valence-corrected chi connectivity index (χ4v) is 3.87. The fraction of sp³-hybridized carbons (Fsp3) is 0.400. The Morgan fingerprint density at radius 3 is 2.53 bits per heavy atom. The molecule has 1 heterocycles. The molecule has 1 aromatic heterocycles. The van der Waals surface area contributed by atoms with Gasteiger partial charge >= 0.3 is 0 Å². The zero-order valence-electron chi connectivity index (χ0n) is 19.7. The molecule has 0 saturated heterocycles. The Bertz CT molecular complexity index is 1040. The third kappa shape index (κ3) is 5.65. The van der Waals surface area contributed by atoms with E-state index in [9.17, 15) is 14.9 Å². The Hall–Kier alpha value is -3.37. The van der Waals surface area contributed by atoms with E-state index in [0.717, 1.165) is 17.0 Å². The van der Waals surface area contributed by atoms with E-state index in [1.165, 1.54) is 0 Å². The Morgan fingerprint density at radius 1 is 1.25 bits per heavy atom. The van der Waals surface area contributed by atoms with Crippen LogP contribution in [0.5, 0.6) is 0 Å². The van der Waals surface area contributed by atoms with E-state index < -0.39 is 5.91 Å². The highest BCUT2D eigenvalue weighted by atomic mass is 16.5. The molecule has 1 N–H and O–H groups in total. The molecule has 0 unspecified atom stereocenters. The molecule has 2 amide bonds. The molecule has 0 spiro atoms. The highest BCUT2D eigenvalue weighted by Gasteiger charge is 2.17. The summed E-state index contributed by atoms with van der Waals surface area (Å²) in [6, 6.07) is 10.8. The summed E-state index contributed by atoms with van der Waals surface area (Å²) in [6.07, 6.45) is 1.60. The molecular formula is C25H32N4O3. The van der Waals surface area contributed by atoms with Crippen molar-refractivity contribution >= 4 is 23.6 Å². The lowest BCUT2D eigenvalue weighted by Gasteiger charge is -2.19. The van der Waals surface area contributed by atoms with Crippen LogP contribution in [-0.4, -0.2) is 48.1 Å². The molecule has 1 aromatic carbocycles. The summed E-state index contributed by atoms with van der Waals surface area (Å²) in [6.45, 7) is 11.6. The van der Waals surface area contributed by atoms with Gasteiger partial charge in [-0.3, -0.25) is 9.59 Å². The van der Waals surface area contributed by atoms with Gasteiger partial charge in [0.05, 0.1) is 12.6 Å². The van der Waals surface area contributed by atoms with Crippen molar-refractivity contribution in [3.05, 3.63) is 58.4 Å². The molecule has 0 aliphatic rings. The van der Waals surface area contributed by atoms with Crippen molar-refractivity contribution in [2.75, 3.05) is 32.1 Å². The summed E-state index contributed by atoms with van der Waals surface area (Å²) in [7, 11) is 1.66. The molecule has 0 aliphatic carbocycles. The van der Waals surface area contributed by atoms with Crippen LogP contribution in [0.3, 0.4) is 0 Å². The monoisotopic (exact) mass is 436 g/mol. The highest BCUT2D eigenvalue weighted by molar-refractivity contribution is 6.10. The van der Waals surface area contributed by atoms with Crippen molar-refractivity contribution < 1.29 is 14.3 Å². The zero-order chi connectivity index (χ0) is 23.8. The zero-order valence-corrected chi connectivity index (χ0v) is 19.7. The number of aryl methyl sites for hydroxylation is 1. The van der Waals surface area contributed by atoms with E-state index in [2.05, 4.69) is 16.8 Å². The number of anilines is 1. The maximum atomic E-state index is 12.8. The summed E-state index contributed by atoms with van der Waals surface area (Å²) in [5, 5.41) is 12.3. The van der Waals surface area contributed by atoms with Gasteiger partial charge in [-0.2, -0.15) is 5.26 Å². The molecule has 0 bridgehead atoms. The van der Waals surface area contributed by atoms with Gasteiger partial charge in [0, 0.05) is 42.8 Å². The number of methoxy groups -OCH3 is 1. The predicted octanol–water partition coefficient (Wildman–Crippen LogP) is 4.34. The summed E-state index contributed by atoms with van der Waals surface area (Å²) in [5.41, 5.74) is 3.74. The first-order chi connectivity index (χ1) is 15.3. The molecular weight excluding hydrogens is 404 g/mol. The molecule has 7 nitrogen and oxygen atoms in total. The SMILES string of the molecule is CCN(CC)C(=O)c1cccc(NC(=O)/C(C#N)=C/c2cc(C)n([C@@H](C)COC)c2C)c1. The first-order valence-corrected chi connectivity index (χ1v) is 10.8. The van der Waals surface area contributed by atoms with Gasteiger partial charge in [0.2, 0.25) is 0 Å². The number of hydrogen-bond donors (Lipinski definition) is 1. The molecule has 2 rings (SSSR count). The Morgan fingerprint density at radius 2 is 1.94 bits per heavy atom. The van der Waals surface area contributed by atoms with E-state index in [4.69, 9.17) is 4.74 Å². The number of carbonyl (C=O) groups excluding carboxylic acids is 2. The number of nitrogens with one attached hydrogen (secondary N) is 1. The number of hydrogen-bond acceptors (Lipinski definition) is 4. The number of rotatable bonds is 9. The second-order valence-electron chi connectivity index (χ2n) is 7.68. The second kappa shape index (κ2) is 11.3. The van der Waals surface area contributed by atoms with Gasteiger partial charge in [-0.25, -0.2) is 0 Å². The first kappa shape index (κ1) is 24.9. The lowest BCUT2D eigenvalue weighted by molar-refractivity contribution is -0.112. The van der Waals surface area contributed by atoms with Crippen LogP contribution in [-0.2, 0) is 9.53 Å². The van der Waals surface area contributed by atoms with Crippen LogP contribution < -0.4 is 5.32 Å². The van der Waals surface area contributed by atoms with E-state index >= 15 is 0 Å². The maximum Gasteiger partial charge on any atom is 0.266 e. The number of nitriles is 1. The summed E-state index contributed by atoms with van der Waals surface area (Å²) in [4.78, 5) is 27.1. The number of amides is 2. The van der Waals surface area contributed by atoms with Gasteiger partial charge in [-0.15, -0.1) is 0 Å². The average Bonchev–Trinajstić information content (AvgIpc) is 3.05. The maximum absolute atomic E-state index is 12.8. The molecule has 7 heteroatoms. The van der Waals surface area contributed by atoms with Gasteiger partial charge in [0.25, 0.3) is 11.8 Å². The first-order valence-electron chi connectivity index (χ1n) is 10.8. The van der Waals surface area contributed by atoms with Crippen LogP contribution in [0, 0.1) is 25.2 Å².